The fourth-order valence-electron chi connectivity index (χ4n) is 4.97. The van der Waals surface area contributed by atoms with E-state index in [1.54, 1.807) is 41.8 Å². The van der Waals surface area contributed by atoms with Gasteiger partial charge in [0.1, 0.15) is 5.52 Å². The van der Waals surface area contributed by atoms with Crippen molar-refractivity contribution in [3.05, 3.63) is 48.3 Å². The zero-order valence-electron chi connectivity index (χ0n) is 19.3. The molecule has 6 rings (SSSR count). The fraction of sp³-hybridized carbons (Fsp3) is 0.391. The summed E-state index contributed by atoms with van der Waals surface area (Å²) in [6, 6.07) is 8.34. The maximum absolute atomic E-state index is 13.8. The Morgan fingerprint density at radius 2 is 1.86 bits per heavy atom. The molecule has 1 saturated carbocycles. The summed E-state index contributed by atoms with van der Waals surface area (Å²) < 4.78 is 57.3. The van der Waals surface area contributed by atoms with Crippen molar-refractivity contribution in [2.24, 2.45) is 0 Å². The highest BCUT2D eigenvalue weighted by Crippen LogP contribution is 2.35. The van der Waals surface area contributed by atoms with Gasteiger partial charge < -0.3 is 9.88 Å². The molecule has 184 valence electrons. The number of benzene rings is 1. The van der Waals surface area contributed by atoms with Crippen molar-refractivity contribution in [1.82, 2.24) is 24.1 Å². The second-order valence-electron chi connectivity index (χ2n) is 9.47. The van der Waals surface area contributed by atoms with Gasteiger partial charge in [-0.25, -0.2) is 26.5 Å². The number of aryl methyl sites for hydroxylation is 1. The van der Waals surface area contributed by atoms with E-state index in [0.29, 0.717) is 54.0 Å². The van der Waals surface area contributed by atoms with Crippen LogP contribution in [0.1, 0.15) is 31.7 Å². The Morgan fingerprint density at radius 3 is 2.60 bits per heavy atom. The molecule has 1 aliphatic carbocycles. The molecule has 3 aromatic heterocycles. The topological polar surface area (TPSA) is 130 Å². The summed E-state index contributed by atoms with van der Waals surface area (Å²) in [5.74, 6) is 0.458. The minimum atomic E-state index is -3.94. The molecular weight excluding hydrogens is 488 g/mol. The number of nitrogens with one attached hydrogen (secondary N) is 2. The molecule has 2 aliphatic rings. The van der Waals surface area contributed by atoms with Gasteiger partial charge in [-0.1, -0.05) is 18.2 Å². The van der Waals surface area contributed by atoms with E-state index < -0.39 is 19.9 Å². The van der Waals surface area contributed by atoms with Gasteiger partial charge in [-0.05, 0) is 50.8 Å². The van der Waals surface area contributed by atoms with Crippen molar-refractivity contribution in [1.29, 1.82) is 0 Å². The van der Waals surface area contributed by atoms with Crippen LogP contribution in [0.15, 0.2) is 52.6 Å². The molecule has 1 aromatic carbocycles. The van der Waals surface area contributed by atoms with Crippen LogP contribution in [0, 0.1) is 6.92 Å². The molecule has 0 unspecified atom stereocenters. The first-order valence-electron chi connectivity index (χ1n) is 11.6. The summed E-state index contributed by atoms with van der Waals surface area (Å²) in [4.78, 5) is 14.4. The van der Waals surface area contributed by atoms with E-state index in [9.17, 15) is 16.8 Å². The zero-order valence-corrected chi connectivity index (χ0v) is 21.0. The van der Waals surface area contributed by atoms with Crippen molar-refractivity contribution in [3.8, 4) is 0 Å². The Labute approximate surface area is 203 Å². The Kier molecular flexibility index (Phi) is 5.00. The summed E-state index contributed by atoms with van der Waals surface area (Å²) >= 11 is 0. The molecule has 1 aliphatic heterocycles. The van der Waals surface area contributed by atoms with E-state index in [-0.39, 0.29) is 27.3 Å². The number of fused-ring (bicyclic) bond motifs is 3. The van der Waals surface area contributed by atoms with Crippen molar-refractivity contribution in [3.63, 3.8) is 0 Å². The first-order chi connectivity index (χ1) is 16.7. The molecule has 35 heavy (non-hydrogen) atoms. The number of rotatable bonds is 6. The van der Waals surface area contributed by atoms with E-state index in [1.165, 1.54) is 6.20 Å². The van der Waals surface area contributed by atoms with Crippen LogP contribution in [0.4, 0.5) is 5.95 Å². The van der Waals surface area contributed by atoms with Crippen LogP contribution < -0.4 is 9.62 Å². The number of hydrogen-bond donors (Lipinski definition) is 2. The van der Waals surface area contributed by atoms with E-state index in [1.807, 2.05) is 17.9 Å². The van der Waals surface area contributed by atoms with Crippen molar-refractivity contribution in [2.75, 3.05) is 11.4 Å². The van der Waals surface area contributed by atoms with Gasteiger partial charge in [0, 0.05) is 24.8 Å². The van der Waals surface area contributed by atoms with Crippen LogP contribution >= 0.6 is 0 Å². The third kappa shape index (κ3) is 3.62. The highest BCUT2D eigenvalue weighted by Gasteiger charge is 2.41. The minimum Gasteiger partial charge on any atom is -0.345 e. The van der Waals surface area contributed by atoms with Gasteiger partial charge in [0.25, 0.3) is 0 Å². The lowest BCUT2D eigenvalue weighted by molar-refractivity contribution is 0.556. The Bertz CT molecular complexity index is 1670. The number of hydrogen-bond acceptors (Lipinski definition) is 7. The Morgan fingerprint density at radius 1 is 1.09 bits per heavy atom. The predicted octanol–water partition coefficient (Wildman–Crippen LogP) is 2.40. The number of imidazole rings is 1. The summed E-state index contributed by atoms with van der Waals surface area (Å²) in [6.45, 7) is 4.15. The molecule has 4 heterocycles. The highest BCUT2D eigenvalue weighted by atomic mass is 32.2. The number of aromatic nitrogens is 4. The van der Waals surface area contributed by atoms with Gasteiger partial charge in [-0.15, -0.1) is 0 Å². The maximum Gasteiger partial charge on any atom is 0.226 e. The van der Waals surface area contributed by atoms with Gasteiger partial charge in [0.15, 0.2) is 10.7 Å². The van der Waals surface area contributed by atoms with Gasteiger partial charge in [0.05, 0.1) is 21.9 Å². The molecule has 2 fully saturated rings. The zero-order chi connectivity index (χ0) is 24.5. The molecule has 0 bridgehead atoms. The number of sulfonamides is 1. The molecule has 12 heteroatoms. The van der Waals surface area contributed by atoms with Crippen molar-refractivity contribution >= 4 is 42.5 Å². The van der Waals surface area contributed by atoms with E-state index in [2.05, 4.69) is 19.7 Å². The third-order valence-corrected chi connectivity index (χ3v) is 10.7. The van der Waals surface area contributed by atoms with Gasteiger partial charge in [-0.3, -0.25) is 4.40 Å². The molecule has 2 N–H and O–H groups in total. The molecule has 1 saturated heterocycles. The highest BCUT2D eigenvalue weighted by molar-refractivity contribution is 7.91. The lowest BCUT2D eigenvalue weighted by Crippen LogP contribution is -2.39. The standard InChI is InChI=1S/C23H26N6O4S2/c1-14-5-3-4-6-20(14)34(30,31)22-19-12-25-21-18(9-10-24-21)29(19)23(26-22)28-13-16(11-15(28)2)27-35(32,33)17-7-8-17/h3-6,9-10,12,15-17,24,27H,7-8,11,13H2,1-2H3/t15-,16+/m1/s1. The Hall–Kier alpha value is -2.96. The third-order valence-electron chi connectivity index (χ3n) is 6.89. The van der Waals surface area contributed by atoms with Gasteiger partial charge in [0.2, 0.25) is 25.8 Å². The Balaban J connectivity index is 1.49. The number of anilines is 1. The summed E-state index contributed by atoms with van der Waals surface area (Å²) in [5, 5.41) is -0.359. The number of sulfone groups is 1. The molecule has 0 radical (unpaired) electrons. The van der Waals surface area contributed by atoms with Crippen molar-refractivity contribution < 1.29 is 16.8 Å². The quantitative estimate of drug-likeness (QED) is 0.404. The molecular formula is C23H26N6O4S2. The monoisotopic (exact) mass is 514 g/mol. The molecule has 2 atom stereocenters. The number of nitrogens with zero attached hydrogens (tertiary/aromatic N) is 4. The van der Waals surface area contributed by atoms with E-state index >= 15 is 0 Å². The summed E-state index contributed by atoms with van der Waals surface area (Å²) in [7, 11) is -7.28. The van der Waals surface area contributed by atoms with Crippen LogP contribution in [0.2, 0.25) is 0 Å². The van der Waals surface area contributed by atoms with Crippen LogP contribution in [-0.2, 0) is 19.9 Å². The normalized spacial score (nSPS) is 21.4. The van der Waals surface area contributed by atoms with Crippen molar-refractivity contribution in [2.45, 2.75) is 60.4 Å². The van der Waals surface area contributed by atoms with E-state index in [4.69, 9.17) is 0 Å². The molecule has 0 amide bonds. The summed E-state index contributed by atoms with van der Waals surface area (Å²) in [5.41, 5.74) is 2.32. The molecule has 4 aromatic rings. The fourth-order valence-corrected chi connectivity index (χ4v) is 8.13. The minimum absolute atomic E-state index is 0.0522. The largest absolute Gasteiger partial charge is 0.345 e. The average molecular weight is 515 g/mol. The lowest BCUT2D eigenvalue weighted by Gasteiger charge is -2.22. The number of H-pyrrole nitrogens is 1. The molecule has 10 nitrogen and oxygen atoms in total. The summed E-state index contributed by atoms with van der Waals surface area (Å²) in [6.07, 6.45) is 5.27. The van der Waals surface area contributed by atoms with Crippen LogP contribution in [0.5, 0.6) is 0 Å². The second-order valence-corrected chi connectivity index (χ2v) is 13.3. The smallest absolute Gasteiger partial charge is 0.226 e. The first-order valence-corrected chi connectivity index (χ1v) is 14.6. The maximum atomic E-state index is 13.8. The van der Waals surface area contributed by atoms with Gasteiger partial charge >= 0.3 is 0 Å². The number of aromatic amines is 1. The van der Waals surface area contributed by atoms with Crippen LogP contribution in [0.25, 0.3) is 16.7 Å². The SMILES string of the molecule is Cc1ccccc1S(=O)(=O)c1nc(N2C[C@@H](NS(=O)(=O)C3CC3)C[C@H]2C)n2c1cnc1[nH]ccc12. The predicted molar refractivity (Wildman–Crippen MR) is 132 cm³/mol. The van der Waals surface area contributed by atoms with Crippen LogP contribution in [0.3, 0.4) is 0 Å². The average Bonchev–Trinajstić information content (AvgIpc) is 3.29. The van der Waals surface area contributed by atoms with Gasteiger partial charge in [-0.2, -0.15) is 4.98 Å². The van der Waals surface area contributed by atoms with Crippen LogP contribution in [-0.4, -0.2) is 60.1 Å². The first kappa shape index (κ1) is 22.5. The van der Waals surface area contributed by atoms with E-state index in [0.717, 1.165) is 0 Å². The lowest BCUT2D eigenvalue weighted by atomic mass is 10.2. The second kappa shape index (κ2) is 7.77. The molecule has 0 spiro atoms.